The zero-order valence-electron chi connectivity index (χ0n) is 12.0. The van der Waals surface area contributed by atoms with Crippen LogP contribution in [0.25, 0.3) is 0 Å². The van der Waals surface area contributed by atoms with Gasteiger partial charge in [0.1, 0.15) is 18.3 Å². The van der Waals surface area contributed by atoms with Crippen molar-refractivity contribution in [2.24, 2.45) is 5.29 Å². The first-order valence-corrected chi connectivity index (χ1v) is 7.14. The highest BCUT2D eigenvalue weighted by Crippen LogP contribution is 2.25. The number of amides is 2. The normalized spacial score (nSPS) is 27.7. The molecule has 128 valence electrons. The highest BCUT2D eigenvalue weighted by molar-refractivity contribution is 6.18. The molecule has 0 spiro atoms. The average Bonchev–Trinajstić information content (AvgIpc) is 2.81. The van der Waals surface area contributed by atoms with E-state index in [4.69, 9.17) is 26.2 Å². The topological polar surface area (TPSA) is 132 Å². The average molecular weight is 342 g/mol. The van der Waals surface area contributed by atoms with Crippen LogP contribution in [-0.4, -0.2) is 95.1 Å². The van der Waals surface area contributed by atoms with Crippen molar-refractivity contribution >= 4 is 17.6 Å². The van der Waals surface area contributed by atoms with Crippen LogP contribution in [0.1, 0.15) is 0 Å². The molecule has 0 aromatic rings. The van der Waals surface area contributed by atoms with E-state index >= 15 is 0 Å². The van der Waals surface area contributed by atoms with Gasteiger partial charge in [0, 0.05) is 19.5 Å². The van der Waals surface area contributed by atoms with Gasteiger partial charge in [-0.05, 0) is 0 Å². The molecule has 0 aromatic heterocycles. The number of carbonyl (C=O) groups excluding carboxylic acids is 1. The molecule has 22 heavy (non-hydrogen) atoms. The molecule has 1 aliphatic heterocycles. The monoisotopic (exact) mass is 341 g/mol. The van der Waals surface area contributed by atoms with E-state index in [1.54, 1.807) is 0 Å². The van der Waals surface area contributed by atoms with Crippen molar-refractivity contribution in [2.75, 3.05) is 39.3 Å². The third-order valence-corrected chi connectivity index (χ3v) is 3.39. The first-order chi connectivity index (χ1) is 10.5. The van der Waals surface area contributed by atoms with E-state index < -0.39 is 37.2 Å². The van der Waals surface area contributed by atoms with Gasteiger partial charge in [0.2, 0.25) is 0 Å². The maximum atomic E-state index is 12.3. The predicted molar refractivity (Wildman–Crippen MR) is 75.0 cm³/mol. The first-order valence-electron chi connectivity index (χ1n) is 6.60. The molecule has 1 fully saturated rings. The lowest BCUT2D eigenvalue weighted by Gasteiger charge is -2.31. The van der Waals surface area contributed by atoms with Crippen molar-refractivity contribution in [3.05, 3.63) is 4.91 Å². The third kappa shape index (κ3) is 4.24. The lowest BCUT2D eigenvalue weighted by atomic mass is 10.1. The molecule has 1 saturated heterocycles. The summed E-state index contributed by atoms with van der Waals surface area (Å²) in [6.45, 7) is -0.567. The molecule has 0 radical (unpaired) electrons. The molecule has 0 aromatic carbocycles. The molecule has 0 unspecified atom stereocenters. The van der Waals surface area contributed by atoms with Gasteiger partial charge in [-0.15, -0.1) is 16.5 Å². The zero-order valence-corrected chi connectivity index (χ0v) is 12.8. The van der Waals surface area contributed by atoms with E-state index in [0.717, 1.165) is 4.90 Å². The lowest BCUT2D eigenvalue weighted by Crippen LogP contribution is -2.52. The fraction of sp³-hybridized carbons (Fsp3) is 0.909. The third-order valence-electron chi connectivity index (χ3n) is 3.22. The van der Waals surface area contributed by atoms with Crippen molar-refractivity contribution in [3.63, 3.8) is 0 Å². The Morgan fingerprint density at radius 2 is 2.05 bits per heavy atom. The predicted octanol–water partition coefficient (Wildman–Crippen LogP) is -1.28. The molecule has 11 heteroatoms. The van der Waals surface area contributed by atoms with E-state index in [2.05, 4.69) is 5.29 Å². The molecule has 2 amide bonds. The molecule has 1 rings (SSSR count). The van der Waals surface area contributed by atoms with E-state index in [1.807, 2.05) is 0 Å². The van der Waals surface area contributed by atoms with Crippen LogP contribution in [0.15, 0.2) is 5.29 Å². The van der Waals surface area contributed by atoms with Crippen LogP contribution < -0.4 is 0 Å². The fourth-order valence-electron chi connectivity index (χ4n) is 2.06. The Balaban J connectivity index is 2.92. The van der Waals surface area contributed by atoms with Crippen LogP contribution in [0.3, 0.4) is 0 Å². The Morgan fingerprint density at radius 3 is 2.50 bits per heavy atom. The quantitative estimate of drug-likeness (QED) is 0.284. The molecule has 4 atom stereocenters. The van der Waals surface area contributed by atoms with Crippen LogP contribution in [-0.2, 0) is 9.47 Å². The SMILES string of the molecule is COCCN(C(=O)N(CCCl)N=O)[C@@H]1O[C@H](CO)[C@@H](O)[C@H]1O. The maximum absolute atomic E-state index is 12.3. The molecule has 0 saturated carbocycles. The Morgan fingerprint density at radius 1 is 1.36 bits per heavy atom. The molecular formula is C11H20ClN3O7. The summed E-state index contributed by atoms with van der Waals surface area (Å²) in [4.78, 5) is 24.1. The van der Waals surface area contributed by atoms with E-state index in [1.165, 1.54) is 7.11 Å². The minimum absolute atomic E-state index is 0.00837. The summed E-state index contributed by atoms with van der Waals surface area (Å²) >= 11 is 5.50. The van der Waals surface area contributed by atoms with Gasteiger partial charge >= 0.3 is 6.03 Å². The minimum Gasteiger partial charge on any atom is -0.394 e. The number of aliphatic hydroxyl groups excluding tert-OH is 3. The zero-order chi connectivity index (χ0) is 16.7. The first kappa shape index (κ1) is 19.0. The second-order valence-electron chi connectivity index (χ2n) is 4.59. The Kier molecular flexibility index (Phi) is 7.93. The highest BCUT2D eigenvalue weighted by atomic mass is 35.5. The summed E-state index contributed by atoms with van der Waals surface area (Å²) in [7, 11) is 1.41. The number of nitroso groups, excluding NO2 is 1. The van der Waals surface area contributed by atoms with Gasteiger partial charge in [0.25, 0.3) is 0 Å². The number of urea groups is 1. The van der Waals surface area contributed by atoms with Gasteiger partial charge in [0.05, 0.1) is 25.0 Å². The summed E-state index contributed by atoms with van der Waals surface area (Å²) in [5.41, 5.74) is 0. The smallest absolute Gasteiger partial charge is 0.345 e. The van der Waals surface area contributed by atoms with Gasteiger partial charge in [-0.2, -0.15) is 5.01 Å². The van der Waals surface area contributed by atoms with E-state index in [9.17, 15) is 19.9 Å². The largest absolute Gasteiger partial charge is 0.394 e. The summed E-state index contributed by atoms with van der Waals surface area (Å²) in [5.74, 6) is -0.00837. The van der Waals surface area contributed by atoms with Crippen molar-refractivity contribution in [1.82, 2.24) is 9.91 Å². The number of carbonyl (C=O) groups is 1. The molecular weight excluding hydrogens is 322 g/mol. The van der Waals surface area contributed by atoms with Crippen LogP contribution >= 0.6 is 11.6 Å². The maximum Gasteiger partial charge on any atom is 0.345 e. The standard InChI is InChI=1S/C11H20ClN3O7/c1-21-5-4-14(11(19)15(13-20)3-2-12)10-9(18)8(17)7(6-16)22-10/h7-10,16-18H,2-6H2,1H3/t7-,8-,9-,10-/m1/s1. The fourth-order valence-corrected chi connectivity index (χ4v) is 2.22. The number of alkyl halides is 1. The number of ether oxygens (including phenoxy) is 2. The second-order valence-corrected chi connectivity index (χ2v) is 4.97. The second kappa shape index (κ2) is 9.18. The number of nitrogens with zero attached hydrogens (tertiary/aromatic N) is 3. The summed E-state index contributed by atoms with van der Waals surface area (Å²) in [6.07, 6.45) is -5.08. The van der Waals surface area contributed by atoms with Gasteiger partial charge in [-0.3, -0.25) is 4.90 Å². The number of halogens is 1. The molecule has 10 nitrogen and oxygen atoms in total. The van der Waals surface area contributed by atoms with Crippen molar-refractivity contribution in [1.29, 1.82) is 0 Å². The number of methoxy groups -OCH3 is 1. The number of aliphatic hydroxyl groups is 3. The van der Waals surface area contributed by atoms with Gasteiger partial charge in [-0.25, -0.2) is 4.79 Å². The van der Waals surface area contributed by atoms with Crippen LogP contribution in [0.5, 0.6) is 0 Å². The van der Waals surface area contributed by atoms with Crippen molar-refractivity contribution in [3.8, 4) is 0 Å². The molecule has 0 aliphatic carbocycles. The van der Waals surface area contributed by atoms with Crippen molar-refractivity contribution < 1.29 is 29.6 Å². The Hall–Kier alpha value is -1.04. The highest BCUT2D eigenvalue weighted by Gasteiger charge is 2.47. The van der Waals surface area contributed by atoms with Gasteiger partial charge < -0.3 is 24.8 Å². The van der Waals surface area contributed by atoms with E-state index in [0.29, 0.717) is 5.01 Å². The number of hydrogen-bond acceptors (Lipinski definition) is 8. The van der Waals surface area contributed by atoms with Gasteiger partial charge in [0.15, 0.2) is 6.23 Å². The summed E-state index contributed by atoms with van der Waals surface area (Å²) in [5, 5.41) is 32.0. The number of hydrogen-bond donors (Lipinski definition) is 3. The summed E-state index contributed by atoms with van der Waals surface area (Å²) < 4.78 is 10.2. The molecule has 1 aliphatic rings. The molecule has 1 heterocycles. The van der Waals surface area contributed by atoms with Crippen LogP contribution in [0.2, 0.25) is 0 Å². The Bertz CT molecular complexity index is 376. The molecule has 0 bridgehead atoms. The lowest BCUT2D eigenvalue weighted by molar-refractivity contribution is -0.0873. The van der Waals surface area contributed by atoms with E-state index in [-0.39, 0.29) is 25.6 Å². The van der Waals surface area contributed by atoms with Crippen LogP contribution in [0, 0.1) is 4.91 Å². The molecule has 3 N–H and O–H groups in total. The number of rotatable bonds is 8. The van der Waals surface area contributed by atoms with Crippen molar-refractivity contribution in [2.45, 2.75) is 24.5 Å². The minimum atomic E-state index is -1.44. The van der Waals surface area contributed by atoms with Crippen LogP contribution in [0.4, 0.5) is 4.79 Å². The van der Waals surface area contributed by atoms with Gasteiger partial charge in [-0.1, -0.05) is 0 Å². The Labute approximate surface area is 132 Å². The summed E-state index contributed by atoms with van der Waals surface area (Å²) in [6, 6.07) is -0.845.